The molecule has 0 saturated carbocycles. The van der Waals surface area contributed by atoms with Crippen molar-refractivity contribution in [1.82, 2.24) is 20.0 Å². The van der Waals surface area contributed by atoms with Crippen molar-refractivity contribution in [2.45, 2.75) is 51.1 Å². The highest BCUT2D eigenvalue weighted by Crippen LogP contribution is 2.48. The minimum absolute atomic E-state index is 0.334. The van der Waals surface area contributed by atoms with Crippen LogP contribution in [0.25, 0.3) is 11.6 Å². The second-order valence-electron chi connectivity index (χ2n) is 7.31. The van der Waals surface area contributed by atoms with Gasteiger partial charge in [-0.25, -0.2) is 4.98 Å². The third kappa shape index (κ3) is 2.59. The summed E-state index contributed by atoms with van der Waals surface area (Å²) in [5.74, 6) is 1.75. The molecule has 0 amide bonds. The highest BCUT2D eigenvalue weighted by Gasteiger charge is 2.46. The van der Waals surface area contributed by atoms with Crippen LogP contribution in [0.15, 0.2) is 34.9 Å². The van der Waals surface area contributed by atoms with Gasteiger partial charge in [0.1, 0.15) is 5.69 Å². The average Bonchev–Trinajstić information content (AvgIpc) is 3.39. The van der Waals surface area contributed by atoms with Gasteiger partial charge < -0.3 is 4.52 Å². The number of fused-ring (bicyclic) bond motifs is 1. The molecule has 0 N–H and O–H groups in total. The molecule has 0 aliphatic carbocycles. The molecule has 2 saturated heterocycles. The van der Waals surface area contributed by atoms with Crippen molar-refractivity contribution < 1.29 is 4.52 Å². The van der Waals surface area contributed by atoms with E-state index >= 15 is 0 Å². The van der Waals surface area contributed by atoms with E-state index < -0.39 is 0 Å². The summed E-state index contributed by atoms with van der Waals surface area (Å²) < 4.78 is 5.61. The Morgan fingerprint density at radius 3 is 2.77 bits per heavy atom. The summed E-state index contributed by atoms with van der Waals surface area (Å²) in [4.78, 5) is 13.1. The van der Waals surface area contributed by atoms with Crippen molar-refractivity contribution in [3.8, 4) is 11.6 Å². The molecule has 0 bridgehead atoms. The lowest BCUT2D eigenvalue weighted by atomic mass is 9.94. The van der Waals surface area contributed by atoms with E-state index in [9.17, 15) is 0 Å². The van der Waals surface area contributed by atoms with Crippen molar-refractivity contribution in [2.24, 2.45) is 0 Å². The molecule has 5 rings (SSSR count). The number of aryl methyl sites for hydroxylation is 2. The van der Waals surface area contributed by atoms with E-state index in [1.807, 2.05) is 6.92 Å². The molecule has 0 radical (unpaired) electrons. The maximum Gasteiger partial charge on any atom is 0.277 e. The largest absolute Gasteiger partial charge is 0.332 e. The first-order valence-corrected chi connectivity index (χ1v) is 10.1. The van der Waals surface area contributed by atoms with E-state index in [1.165, 1.54) is 18.4 Å². The molecule has 3 atom stereocenters. The van der Waals surface area contributed by atoms with Crippen molar-refractivity contribution in [2.75, 3.05) is 6.54 Å². The highest BCUT2D eigenvalue weighted by atomic mass is 32.1. The zero-order valence-electron chi connectivity index (χ0n) is 15.1. The van der Waals surface area contributed by atoms with E-state index in [-0.39, 0.29) is 0 Å². The summed E-state index contributed by atoms with van der Waals surface area (Å²) >= 11 is 1.67. The summed E-state index contributed by atoms with van der Waals surface area (Å²) in [6, 6.07) is 11.8. The SMILES string of the molecule is Cc1nc(-c2nc([C@@H]3C[C@H](c4ccccc4)N4CCC[C@@H]34)no2)c(C)s1. The smallest absolute Gasteiger partial charge is 0.277 e. The number of hydrogen-bond acceptors (Lipinski definition) is 6. The van der Waals surface area contributed by atoms with E-state index in [2.05, 4.69) is 52.3 Å². The molecule has 6 heteroatoms. The van der Waals surface area contributed by atoms with Crippen LogP contribution in [0, 0.1) is 13.8 Å². The Morgan fingerprint density at radius 2 is 2.00 bits per heavy atom. The molecule has 2 fully saturated rings. The van der Waals surface area contributed by atoms with Crippen molar-refractivity contribution in [3.05, 3.63) is 51.6 Å². The van der Waals surface area contributed by atoms with Crippen LogP contribution in [0.4, 0.5) is 0 Å². The molecule has 3 aromatic rings. The quantitative estimate of drug-likeness (QED) is 0.683. The Bertz CT molecular complexity index is 919. The Morgan fingerprint density at radius 1 is 1.15 bits per heavy atom. The van der Waals surface area contributed by atoms with Crippen LogP contribution in [0.2, 0.25) is 0 Å². The standard InChI is InChI=1S/C20H22N4OS/c1-12-18(21-13(2)26-12)20-22-19(23-25-20)15-11-17(14-7-4-3-5-8-14)24-10-6-9-16(15)24/h3-5,7-8,15-17H,6,9-11H2,1-2H3/t15-,16+,17-/m1/s1. The second kappa shape index (κ2) is 6.28. The fourth-order valence-electron chi connectivity index (χ4n) is 4.66. The molecule has 4 heterocycles. The van der Waals surface area contributed by atoms with E-state index in [0.717, 1.165) is 34.4 Å². The van der Waals surface area contributed by atoms with Gasteiger partial charge in [0.05, 0.1) is 5.01 Å². The Labute approximate surface area is 157 Å². The minimum Gasteiger partial charge on any atom is -0.332 e. The lowest BCUT2D eigenvalue weighted by Gasteiger charge is -2.24. The number of benzene rings is 1. The van der Waals surface area contributed by atoms with E-state index in [1.54, 1.807) is 11.3 Å². The first-order valence-electron chi connectivity index (χ1n) is 9.29. The first kappa shape index (κ1) is 16.1. The molecular weight excluding hydrogens is 344 g/mol. The minimum atomic E-state index is 0.334. The third-order valence-electron chi connectivity index (χ3n) is 5.75. The monoisotopic (exact) mass is 366 g/mol. The second-order valence-corrected chi connectivity index (χ2v) is 8.72. The first-order chi connectivity index (χ1) is 12.7. The summed E-state index contributed by atoms with van der Waals surface area (Å²) in [6.45, 7) is 5.23. The third-order valence-corrected chi connectivity index (χ3v) is 6.63. The van der Waals surface area contributed by atoms with Crippen LogP contribution in [0.1, 0.15) is 52.5 Å². The number of hydrogen-bond donors (Lipinski definition) is 0. The molecule has 5 nitrogen and oxygen atoms in total. The Kier molecular flexibility index (Phi) is 3.90. The number of nitrogens with zero attached hydrogens (tertiary/aromatic N) is 4. The van der Waals surface area contributed by atoms with E-state index in [0.29, 0.717) is 23.9 Å². The van der Waals surface area contributed by atoms with Gasteiger partial charge >= 0.3 is 0 Å². The zero-order valence-corrected chi connectivity index (χ0v) is 15.9. The molecular formula is C20H22N4OS. The maximum atomic E-state index is 5.61. The van der Waals surface area contributed by atoms with Gasteiger partial charge in [-0.15, -0.1) is 11.3 Å². The van der Waals surface area contributed by atoms with Crippen LogP contribution in [0.3, 0.4) is 0 Å². The van der Waals surface area contributed by atoms with Crippen LogP contribution in [0.5, 0.6) is 0 Å². The number of rotatable bonds is 3. The number of aromatic nitrogens is 3. The van der Waals surface area contributed by atoms with Gasteiger partial charge in [-0.3, -0.25) is 4.90 Å². The Balaban J connectivity index is 1.46. The van der Waals surface area contributed by atoms with Gasteiger partial charge in [-0.1, -0.05) is 35.5 Å². The molecule has 26 heavy (non-hydrogen) atoms. The van der Waals surface area contributed by atoms with Crippen molar-refractivity contribution >= 4 is 11.3 Å². The van der Waals surface area contributed by atoms with Crippen molar-refractivity contribution in [3.63, 3.8) is 0 Å². The van der Waals surface area contributed by atoms with Crippen LogP contribution < -0.4 is 0 Å². The van der Waals surface area contributed by atoms with Crippen LogP contribution in [-0.4, -0.2) is 32.6 Å². The Hall–Kier alpha value is -2.05. The normalized spacial score (nSPS) is 25.7. The summed E-state index contributed by atoms with van der Waals surface area (Å²) in [5, 5.41) is 5.40. The predicted molar refractivity (Wildman–Crippen MR) is 101 cm³/mol. The predicted octanol–water partition coefficient (Wildman–Crippen LogP) is 4.50. The molecule has 1 aromatic carbocycles. The van der Waals surface area contributed by atoms with Crippen LogP contribution >= 0.6 is 11.3 Å². The van der Waals surface area contributed by atoms with E-state index in [4.69, 9.17) is 9.51 Å². The molecule has 2 aromatic heterocycles. The zero-order chi connectivity index (χ0) is 17.7. The number of thiazole rings is 1. The highest BCUT2D eigenvalue weighted by molar-refractivity contribution is 7.11. The lowest BCUT2D eigenvalue weighted by Crippen LogP contribution is -2.27. The van der Waals surface area contributed by atoms with Gasteiger partial charge in [0.15, 0.2) is 5.82 Å². The molecule has 2 aliphatic rings. The topological polar surface area (TPSA) is 55.1 Å². The summed E-state index contributed by atoms with van der Waals surface area (Å²) in [5.41, 5.74) is 2.24. The molecule has 0 spiro atoms. The van der Waals surface area contributed by atoms with Crippen LogP contribution in [-0.2, 0) is 0 Å². The lowest BCUT2D eigenvalue weighted by molar-refractivity contribution is 0.243. The fraction of sp³-hybridized carbons (Fsp3) is 0.450. The van der Waals surface area contributed by atoms with Gasteiger partial charge in [0.25, 0.3) is 5.89 Å². The summed E-state index contributed by atoms with van der Waals surface area (Å²) in [7, 11) is 0. The molecule has 0 unspecified atom stereocenters. The van der Waals surface area contributed by atoms with Gasteiger partial charge in [0, 0.05) is 22.9 Å². The van der Waals surface area contributed by atoms with Gasteiger partial charge in [-0.2, -0.15) is 4.98 Å². The van der Waals surface area contributed by atoms with Gasteiger partial charge in [0.2, 0.25) is 0 Å². The van der Waals surface area contributed by atoms with Gasteiger partial charge in [-0.05, 0) is 45.2 Å². The maximum absolute atomic E-state index is 5.61. The average molecular weight is 366 g/mol. The molecule has 2 aliphatic heterocycles. The van der Waals surface area contributed by atoms with Crippen molar-refractivity contribution in [1.29, 1.82) is 0 Å². The summed E-state index contributed by atoms with van der Waals surface area (Å²) in [6.07, 6.45) is 3.52. The fourth-order valence-corrected chi connectivity index (χ4v) is 5.47. The molecule has 134 valence electrons.